The van der Waals surface area contributed by atoms with Crippen molar-refractivity contribution in [3.05, 3.63) is 59.2 Å². The number of halogens is 3. The maximum absolute atomic E-state index is 14.0. The highest BCUT2D eigenvalue weighted by atomic mass is 19.4. The summed E-state index contributed by atoms with van der Waals surface area (Å²) in [5.41, 5.74) is 1.66. The molecular weight excluding hydrogens is 517 g/mol. The van der Waals surface area contributed by atoms with Gasteiger partial charge in [0.15, 0.2) is 5.54 Å². The van der Waals surface area contributed by atoms with E-state index in [1.54, 1.807) is 43.5 Å². The van der Waals surface area contributed by atoms with Gasteiger partial charge in [-0.05, 0) is 73.6 Å². The minimum Gasteiger partial charge on any atom is -0.457 e. The molecular formula is C27H25F3N4O5. The maximum atomic E-state index is 14.0. The van der Waals surface area contributed by atoms with Crippen molar-refractivity contribution in [1.29, 1.82) is 5.26 Å². The Morgan fingerprint density at radius 1 is 1.18 bits per heavy atom. The number of benzene rings is 2. The molecule has 2 aromatic carbocycles. The number of methoxy groups -OCH3 is 1. The molecule has 1 saturated carbocycles. The Bertz CT molecular complexity index is 1390. The lowest BCUT2D eigenvalue weighted by Crippen LogP contribution is -2.51. The Morgan fingerprint density at radius 3 is 2.56 bits per heavy atom. The molecule has 2 aliphatic carbocycles. The highest BCUT2D eigenvalue weighted by molar-refractivity contribution is 6.08. The molecule has 1 N–H and O–H groups in total. The average Bonchev–Trinajstić information content (AvgIpc) is 3.33. The Balaban J connectivity index is 1.56. The predicted octanol–water partition coefficient (Wildman–Crippen LogP) is 4.12. The summed E-state index contributed by atoms with van der Waals surface area (Å²) in [6.45, 7) is 0. The number of likely N-dealkylation sites (N-methyl/N-ethyl adjacent to an activating group) is 1. The molecule has 1 amide bonds. The molecule has 0 aromatic heterocycles. The lowest BCUT2D eigenvalue weighted by Gasteiger charge is -2.45. The van der Waals surface area contributed by atoms with Gasteiger partial charge < -0.3 is 14.3 Å². The normalized spacial score (nSPS) is 25.8. The molecule has 1 aliphatic heterocycles. The van der Waals surface area contributed by atoms with E-state index in [9.17, 15) is 28.0 Å². The lowest BCUT2D eigenvalue weighted by atomic mass is 9.61. The molecule has 3 aliphatic rings. The second-order valence-corrected chi connectivity index (χ2v) is 9.95. The first-order valence-electron chi connectivity index (χ1n) is 12.3. The summed E-state index contributed by atoms with van der Waals surface area (Å²) in [5.74, 6) is -2.37. The first-order chi connectivity index (χ1) is 18.5. The van der Waals surface area contributed by atoms with Gasteiger partial charge in [0, 0.05) is 19.6 Å². The van der Waals surface area contributed by atoms with E-state index in [1.807, 2.05) is 11.5 Å². The van der Waals surface area contributed by atoms with Crippen LogP contribution in [0.3, 0.4) is 0 Å². The second-order valence-electron chi connectivity index (χ2n) is 9.95. The van der Waals surface area contributed by atoms with Gasteiger partial charge in [-0.15, -0.1) is 0 Å². The lowest BCUT2D eigenvalue weighted by molar-refractivity contribution is -0.204. The Kier molecular flexibility index (Phi) is 6.50. The topological polar surface area (TPSA) is 113 Å². The van der Waals surface area contributed by atoms with Crippen molar-refractivity contribution >= 4 is 17.8 Å². The fourth-order valence-electron chi connectivity index (χ4n) is 5.95. The number of rotatable bonds is 3. The van der Waals surface area contributed by atoms with E-state index in [0.29, 0.717) is 54.7 Å². The minimum absolute atomic E-state index is 0.0197. The van der Waals surface area contributed by atoms with Crippen LogP contribution in [-0.2, 0) is 31.1 Å². The van der Waals surface area contributed by atoms with Crippen molar-refractivity contribution in [2.45, 2.75) is 49.9 Å². The molecule has 39 heavy (non-hydrogen) atoms. The molecule has 204 valence electrons. The maximum Gasteiger partial charge on any atom is 0.493 e. The molecule has 2 aromatic rings. The number of nitriles is 1. The van der Waals surface area contributed by atoms with Crippen molar-refractivity contribution in [3.8, 4) is 17.6 Å². The summed E-state index contributed by atoms with van der Waals surface area (Å²) in [6, 6.07) is 14.0. The smallest absolute Gasteiger partial charge is 0.457 e. The molecule has 5 rings (SSSR count). The van der Waals surface area contributed by atoms with Gasteiger partial charge in [-0.2, -0.15) is 23.9 Å². The number of hydrogen-bond donors (Lipinski definition) is 1. The number of carbonyl (C=O) groups excluding carboxylic acids is 2. The first kappa shape index (κ1) is 26.5. The van der Waals surface area contributed by atoms with E-state index in [4.69, 9.17) is 9.47 Å². The van der Waals surface area contributed by atoms with Gasteiger partial charge in [0.1, 0.15) is 11.5 Å². The summed E-state index contributed by atoms with van der Waals surface area (Å²) in [7, 11) is 3.00. The molecule has 1 heterocycles. The number of carbonyl (C=O) groups is 2. The molecule has 9 nitrogen and oxygen atoms in total. The van der Waals surface area contributed by atoms with E-state index in [2.05, 4.69) is 15.9 Å². The Morgan fingerprint density at radius 2 is 1.90 bits per heavy atom. The van der Waals surface area contributed by atoms with E-state index in [-0.39, 0.29) is 12.1 Å². The van der Waals surface area contributed by atoms with Crippen LogP contribution in [0.25, 0.3) is 0 Å². The van der Waals surface area contributed by atoms with Crippen LogP contribution in [-0.4, -0.2) is 49.2 Å². The van der Waals surface area contributed by atoms with Crippen molar-refractivity contribution in [2.75, 3.05) is 14.2 Å². The van der Waals surface area contributed by atoms with Crippen LogP contribution < -0.4 is 10.2 Å². The van der Waals surface area contributed by atoms with Gasteiger partial charge in [0.05, 0.1) is 17.7 Å². The zero-order valence-corrected chi connectivity index (χ0v) is 21.2. The third-order valence-electron chi connectivity index (χ3n) is 7.86. The van der Waals surface area contributed by atoms with Crippen LogP contribution in [0.15, 0.2) is 47.5 Å². The zero-order valence-electron chi connectivity index (χ0n) is 21.2. The molecule has 2 spiro atoms. The molecule has 1 unspecified atom stereocenters. The quantitative estimate of drug-likeness (QED) is 0.581. The van der Waals surface area contributed by atoms with Gasteiger partial charge in [0.25, 0.3) is 5.91 Å². The van der Waals surface area contributed by atoms with E-state index in [0.717, 1.165) is 10.5 Å². The van der Waals surface area contributed by atoms with Gasteiger partial charge in [-0.3, -0.25) is 9.69 Å². The van der Waals surface area contributed by atoms with Crippen LogP contribution in [0.5, 0.6) is 11.5 Å². The Hall–Kier alpha value is -4.11. The fourth-order valence-corrected chi connectivity index (χ4v) is 5.95. The summed E-state index contributed by atoms with van der Waals surface area (Å²) in [4.78, 5) is 35.3. The third-order valence-corrected chi connectivity index (χ3v) is 7.86. The van der Waals surface area contributed by atoms with Crippen LogP contribution >= 0.6 is 0 Å². The number of guanidine groups is 1. The molecule has 0 saturated heterocycles. The number of aliphatic imine (C=N–C) groups is 1. The van der Waals surface area contributed by atoms with Crippen LogP contribution in [0, 0.1) is 16.7 Å². The summed E-state index contributed by atoms with van der Waals surface area (Å²) < 4.78 is 49.8. The molecule has 0 radical (unpaired) electrons. The highest BCUT2D eigenvalue weighted by Gasteiger charge is 2.66. The van der Waals surface area contributed by atoms with Gasteiger partial charge in [-0.25, -0.2) is 9.79 Å². The van der Waals surface area contributed by atoms with Gasteiger partial charge >= 0.3 is 12.1 Å². The highest BCUT2D eigenvalue weighted by Crippen LogP contribution is 2.62. The largest absolute Gasteiger partial charge is 0.493 e. The number of nitrogens with zero attached hydrogens (tertiary/aromatic N) is 3. The number of hydroxylamine groups is 1. The number of ether oxygens (including phenoxy) is 2. The van der Waals surface area contributed by atoms with E-state index in [1.165, 1.54) is 7.05 Å². The predicted molar refractivity (Wildman–Crippen MR) is 130 cm³/mol. The molecule has 1 atom stereocenters. The number of fused-ring (bicyclic) bond motifs is 3. The SMILES string of the molecule is COC1CCC2(CC1)Cc1ccc(Oc3cccc(C#N)c3)cc1C21N=C(NOC(=O)C(F)(F)F)N(C)C1=O. The number of nitrogens with one attached hydrogen (secondary N) is 1. The minimum atomic E-state index is -5.22. The van der Waals surface area contributed by atoms with Crippen molar-refractivity contribution in [1.82, 2.24) is 10.4 Å². The van der Waals surface area contributed by atoms with Crippen LogP contribution in [0.1, 0.15) is 42.4 Å². The number of alkyl halides is 3. The van der Waals surface area contributed by atoms with Crippen molar-refractivity contribution in [2.24, 2.45) is 10.4 Å². The zero-order chi connectivity index (χ0) is 28.0. The average molecular weight is 543 g/mol. The molecule has 0 bridgehead atoms. The van der Waals surface area contributed by atoms with Crippen LogP contribution in [0.2, 0.25) is 0 Å². The van der Waals surface area contributed by atoms with Crippen molar-refractivity contribution in [3.63, 3.8) is 0 Å². The molecule has 1 fully saturated rings. The summed E-state index contributed by atoms with van der Waals surface area (Å²) >= 11 is 0. The fraction of sp³-hybridized carbons (Fsp3) is 0.407. The number of amides is 1. The van der Waals surface area contributed by atoms with Crippen molar-refractivity contribution < 1.29 is 37.1 Å². The summed E-state index contributed by atoms with van der Waals surface area (Å²) in [5, 5.41) is 9.20. The van der Waals surface area contributed by atoms with E-state index < -0.39 is 29.0 Å². The second kappa shape index (κ2) is 9.57. The first-order valence-corrected chi connectivity index (χ1v) is 12.3. The standard InChI is InChI=1S/C27H25F3N4O5/c1-34-22(35)26(32-24(34)33-39-23(36)27(28,29)30)21-13-20(38-19-5-3-4-16(12-19)15-31)7-6-17(21)14-25(26)10-8-18(37-2)9-11-25/h3-7,12-13,18H,8-11,14H2,1-2H3,(H,32,33). The molecule has 12 heteroatoms. The summed E-state index contributed by atoms with van der Waals surface area (Å²) in [6.07, 6.45) is -2.17. The third kappa shape index (κ3) is 4.36. The monoisotopic (exact) mass is 542 g/mol. The van der Waals surface area contributed by atoms with Gasteiger partial charge in [-0.1, -0.05) is 12.1 Å². The van der Waals surface area contributed by atoms with E-state index >= 15 is 0 Å². The Labute approximate surface area is 222 Å². The number of hydrogen-bond acceptors (Lipinski definition) is 8. The van der Waals surface area contributed by atoms with Gasteiger partial charge in [0.2, 0.25) is 5.96 Å². The van der Waals surface area contributed by atoms with Crippen LogP contribution in [0.4, 0.5) is 13.2 Å².